The van der Waals surface area contributed by atoms with Crippen LogP contribution in [0.4, 0.5) is 0 Å². The van der Waals surface area contributed by atoms with Gasteiger partial charge in [0.1, 0.15) is 0 Å². The molecule has 0 unspecified atom stereocenters. The van der Waals surface area contributed by atoms with Crippen molar-refractivity contribution in [3.8, 4) is 0 Å². The number of rotatable bonds is 3. The molecule has 0 radical (unpaired) electrons. The van der Waals surface area contributed by atoms with Gasteiger partial charge in [-0.25, -0.2) is 0 Å². The van der Waals surface area contributed by atoms with Crippen LogP contribution in [-0.4, -0.2) is 4.98 Å². The topological polar surface area (TPSA) is 12.9 Å². The fourth-order valence-electron chi connectivity index (χ4n) is 1.12. The van der Waals surface area contributed by atoms with E-state index in [0.29, 0.717) is 0 Å². The fraction of sp³-hybridized carbons (Fsp3) is 0.500. The minimum Gasteiger partial charge on any atom is -0.258 e. The zero-order chi connectivity index (χ0) is 8.10. The summed E-state index contributed by atoms with van der Waals surface area (Å²) >= 11 is 0. The van der Waals surface area contributed by atoms with E-state index in [1.165, 1.54) is 17.8 Å². The van der Waals surface area contributed by atoms with E-state index in [4.69, 9.17) is 0 Å². The SMILES string of the molecule is CCCc1cccc(CC)n1. The first kappa shape index (κ1) is 8.25. The molecule has 11 heavy (non-hydrogen) atoms. The van der Waals surface area contributed by atoms with Crippen LogP contribution in [0.3, 0.4) is 0 Å². The molecule has 0 aliphatic rings. The zero-order valence-corrected chi connectivity index (χ0v) is 7.30. The number of hydrogen-bond donors (Lipinski definition) is 0. The maximum atomic E-state index is 4.48. The van der Waals surface area contributed by atoms with Gasteiger partial charge in [0.25, 0.3) is 0 Å². The summed E-state index contributed by atoms with van der Waals surface area (Å²) < 4.78 is 0. The molecule has 1 nitrogen and oxygen atoms in total. The van der Waals surface area contributed by atoms with Crippen molar-refractivity contribution in [3.63, 3.8) is 0 Å². The van der Waals surface area contributed by atoms with Gasteiger partial charge in [0.05, 0.1) is 0 Å². The Morgan fingerprint density at radius 3 is 2.55 bits per heavy atom. The maximum absolute atomic E-state index is 4.48. The Morgan fingerprint density at radius 1 is 1.18 bits per heavy atom. The molecule has 0 fully saturated rings. The van der Waals surface area contributed by atoms with E-state index in [9.17, 15) is 0 Å². The number of nitrogens with zero attached hydrogens (tertiary/aromatic N) is 1. The van der Waals surface area contributed by atoms with Gasteiger partial charge in [-0.05, 0) is 25.0 Å². The predicted molar refractivity (Wildman–Crippen MR) is 47.6 cm³/mol. The van der Waals surface area contributed by atoms with Gasteiger partial charge < -0.3 is 0 Å². The average Bonchev–Trinajstić information content (AvgIpc) is 2.06. The third-order valence-electron chi connectivity index (χ3n) is 1.73. The molecule has 0 N–H and O–H groups in total. The smallest absolute Gasteiger partial charge is 0.0406 e. The lowest BCUT2D eigenvalue weighted by Crippen LogP contribution is -1.92. The summed E-state index contributed by atoms with van der Waals surface area (Å²) in [6.07, 6.45) is 3.32. The highest BCUT2D eigenvalue weighted by molar-refractivity contribution is 5.11. The minimum absolute atomic E-state index is 1.04. The van der Waals surface area contributed by atoms with Crippen molar-refractivity contribution in [2.45, 2.75) is 33.1 Å². The summed E-state index contributed by atoms with van der Waals surface area (Å²) in [4.78, 5) is 4.48. The van der Waals surface area contributed by atoms with E-state index < -0.39 is 0 Å². The molecule has 0 atom stereocenters. The van der Waals surface area contributed by atoms with Crippen LogP contribution in [0.1, 0.15) is 31.7 Å². The molecule has 0 saturated carbocycles. The van der Waals surface area contributed by atoms with Gasteiger partial charge in [-0.15, -0.1) is 0 Å². The highest BCUT2D eigenvalue weighted by atomic mass is 14.7. The molecule has 1 aromatic rings. The fourth-order valence-corrected chi connectivity index (χ4v) is 1.12. The zero-order valence-electron chi connectivity index (χ0n) is 7.30. The first-order chi connectivity index (χ1) is 5.36. The summed E-state index contributed by atoms with van der Waals surface area (Å²) in [5.41, 5.74) is 2.43. The highest BCUT2D eigenvalue weighted by Crippen LogP contribution is 2.02. The van der Waals surface area contributed by atoms with Crippen LogP contribution >= 0.6 is 0 Å². The van der Waals surface area contributed by atoms with E-state index in [2.05, 4.69) is 37.0 Å². The monoisotopic (exact) mass is 149 g/mol. The second-order valence-corrected chi connectivity index (χ2v) is 2.72. The number of hydrogen-bond acceptors (Lipinski definition) is 1. The highest BCUT2D eigenvalue weighted by Gasteiger charge is 1.93. The van der Waals surface area contributed by atoms with Crippen LogP contribution < -0.4 is 0 Å². The normalized spacial score (nSPS) is 10.0. The molecule has 0 amide bonds. The number of aromatic nitrogens is 1. The molecular formula is C10H15N. The van der Waals surface area contributed by atoms with Crippen LogP contribution in [0.25, 0.3) is 0 Å². The Morgan fingerprint density at radius 2 is 1.91 bits per heavy atom. The molecule has 0 saturated heterocycles. The molecule has 0 bridgehead atoms. The Labute approximate surface area is 68.5 Å². The third kappa shape index (κ3) is 2.34. The predicted octanol–water partition coefficient (Wildman–Crippen LogP) is 2.60. The third-order valence-corrected chi connectivity index (χ3v) is 1.73. The van der Waals surface area contributed by atoms with Crippen molar-refractivity contribution in [1.82, 2.24) is 4.98 Å². The summed E-state index contributed by atoms with van der Waals surface area (Å²) in [6, 6.07) is 6.28. The second kappa shape index (κ2) is 4.12. The van der Waals surface area contributed by atoms with E-state index >= 15 is 0 Å². The number of pyridine rings is 1. The summed E-state index contributed by atoms with van der Waals surface area (Å²) in [7, 11) is 0. The van der Waals surface area contributed by atoms with Crippen molar-refractivity contribution < 1.29 is 0 Å². The largest absolute Gasteiger partial charge is 0.258 e. The van der Waals surface area contributed by atoms with Gasteiger partial charge in [-0.3, -0.25) is 4.98 Å². The summed E-state index contributed by atoms with van der Waals surface area (Å²) in [6.45, 7) is 4.32. The van der Waals surface area contributed by atoms with Gasteiger partial charge in [0.2, 0.25) is 0 Å². The Hall–Kier alpha value is -0.850. The molecule has 1 aromatic heterocycles. The minimum atomic E-state index is 1.04. The lowest BCUT2D eigenvalue weighted by atomic mass is 10.2. The van der Waals surface area contributed by atoms with Crippen molar-refractivity contribution >= 4 is 0 Å². The Balaban J connectivity index is 2.74. The first-order valence-electron chi connectivity index (χ1n) is 4.31. The molecular weight excluding hydrogens is 134 g/mol. The van der Waals surface area contributed by atoms with E-state index in [1.807, 2.05) is 0 Å². The molecule has 1 rings (SSSR count). The molecule has 0 aliphatic carbocycles. The molecule has 1 heterocycles. The molecule has 0 spiro atoms. The van der Waals surface area contributed by atoms with Crippen molar-refractivity contribution in [3.05, 3.63) is 29.6 Å². The molecule has 1 heteroatoms. The molecule has 0 aliphatic heterocycles. The summed E-state index contributed by atoms with van der Waals surface area (Å²) in [5, 5.41) is 0. The lowest BCUT2D eigenvalue weighted by molar-refractivity contribution is 0.862. The van der Waals surface area contributed by atoms with Crippen molar-refractivity contribution in [2.75, 3.05) is 0 Å². The second-order valence-electron chi connectivity index (χ2n) is 2.72. The van der Waals surface area contributed by atoms with Crippen LogP contribution in [0, 0.1) is 0 Å². The van der Waals surface area contributed by atoms with Gasteiger partial charge in [0.15, 0.2) is 0 Å². The Bertz CT molecular complexity index is 218. The maximum Gasteiger partial charge on any atom is 0.0406 e. The Kier molecular flexibility index (Phi) is 3.09. The standard InChI is InChI=1S/C10H15N/c1-3-6-10-8-5-7-9(4-2)11-10/h5,7-8H,3-4,6H2,1-2H3. The van der Waals surface area contributed by atoms with E-state index in [0.717, 1.165) is 12.8 Å². The van der Waals surface area contributed by atoms with Gasteiger partial charge in [-0.2, -0.15) is 0 Å². The van der Waals surface area contributed by atoms with Gasteiger partial charge in [-0.1, -0.05) is 26.3 Å². The quantitative estimate of drug-likeness (QED) is 0.643. The van der Waals surface area contributed by atoms with Crippen molar-refractivity contribution in [2.24, 2.45) is 0 Å². The van der Waals surface area contributed by atoms with Crippen LogP contribution in [-0.2, 0) is 12.8 Å². The molecule has 60 valence electrons. The van der Waals surface area contributed by atoms with E-state index in [1.54, 1.807) is 0 Å². The van der Waals surface area contributed by atoms with Gasteiger partial charge in [0, 0.05) is 11.4 Å². The van der Waals surface area contributed by atoms with Crippen molar-refractivity contribution in [1.29, 1.82) is 0 Å². The first-order valence-corrected chi connectivity index (χ1v) is 4.31. The summed E-state index contributed by atoms with van der Waals surface area (Å²) in [5.74, 6) is 0. The number of aryl methyl sites for hydroxylation is 2. The van der Waals surface area contributed by atoms with E-state index in [-0.39, 0.29) is 0 Å². The van der Waals surface area contributed by atoms with Crippen LogP contribution in [0.2, 0.25) is 0 Å². The van der Waals surface area contributed by atoms with Gasteiger partial charge >= 0.3 is 0 Å². The molecule has 0 aromatic carbocycles. The lowest BCUT2D eigenvalue weighted by Gasteiger charge is -1.99. The van der Waals surface area contributed by atoms with Crippen LogP contribution in [0.15, 0.2) is 18.2 Å². The van der Waals surface area contributed by atoms with Crippen LogP contribution in [0.5, 0.6) is 0 Å². The average molecular weight is 149 g/mol.